The van der Waals surface area contributed by atoms with Crippen molar-refractivity contribution in [1.82, 2.24) is 15.2 Å². The first-order valence-corrected chi connectivity index (χ1v) is 9.37. The van der Waals surface area contributed by atoms with Gasteiger partial charge in [-0.15, -0.1) is 11.8 Å². The second kappa shape index (κ2) is 8.85. The molecule has 2 heterocycles. The Kier molecular flexibility index (Phi) is 6.26. The van der Waals surface area contributed by atoms with E-state index in [9.17, 15) is 4.79 Å². The summed E-state index contributed by atoms with van der Waals surface area (Å²) in [7, 11) is 0. The predicted molar refractivity (Wildman–Crippen MR) is 97.8 cm³/mol. The second-order valence-corrected chi connectivity index (χ2v) is 7.11. The van der Waals surface area contributed by atoms with Gasteiger partial charge in [0.05, 0.1) is 11.4 Å². The Balaban J connectivity index is 1.44. The number of thioether (sulfide) groups is 1. The van der Waals surface area contributed by atoms with Crippen LogP contribution in [-0.4, -0.2) is 40.7 Å². The Hall–Kier alpha value is -1.85. The highest BCUT2D eigenvalue weighted by molar-refractivity contribution is 8.00. The molecule has 1 aromatic carbocycles. The van der Waals surface area contributed by atoms with E-state index in [0.29, 0.717) is 5.75 Å². The quantitative estimate of drug-likeness (QED) is 0.821. The van der Waals surface area contributed by atoms with Gasteiger partial charge in [-0.1, -0.05) is 24.3 Å². The minimum Gasteiger partial charge on any atom is -0.351 e. The van der Waals surface area contributed by atoms with E-state index in [1.807, 2.05) is 48.7 Å². The molecule has 1 aliphatic rings. The van der Waals surface area contributed by atoms with Crippen molar-refractivity contribution in [1.29, 1.82) is 0 Å². The van der Waals surface area contributed by atoms with Gasteiger partial charge in [0.15, 0.2) is 0 Å². The number of hydrogen-bond donors (Lipinski definition) is 1. The van der Waals surface area contributed by atoms with Crippen LogP contribution in [0.1, 0.15) is 18.5 Å². The summed E-state index contributed by atoms with van der Waals surface area (Å²) in [6, 6.07) is 16.3. The molecule has 1 unspecified atom stereocenters. The van der Waals surface area contributed by atoms with Crippen molar-refractivity contribution < 1.29 is 4.79 Å². The third kappa shape index (κ3) is 5.35. The number of amides is 1. The van der Waals surface area contributed by atoms with Gasteiger partial charge in [-0.3, -0.25) is 14.7 Å². The number of rotatable bonds is 6. The number of carbonyl (C=O) groups excluding carboxylic acids is 1. The lowest BCUT2D eigenvalue weighted by molar-refractivity contribution is -0.119. The van der Waals surface area contributed by atoms with Crippen LogP contribution < -0.4 is 5.32 Å². The summed E-state index contributed by atoms with van der Waals surface area (Å²) in [6.45, 7) is 2.83. The normalized spacial score (nSPS) is 18.2. The highest BCUT2D eigenvalue weighted by Gasteiger charge is 2.21. The Morgan fingerprint density at radius 1 is 1.21 bits per heavy atom. The van der Waals surface area contributed by atoms with E-state index in [-0.39, 0.29) is 11.9 Å². The van der Waals surface area contributed by atoms with Crippen LogP contribution in [0.25, 0.3) is 0 Å². The molecule has 24 heavy (non-hydrogen) atoms. The minimum absolute atomic E-state index is 0.119. The number of carbonyl (C=O) groups is 1. The molecule has 0 aliphatic carbocycles. The van der Waals surface area contributed by atoms with Crippen LogP contribution in [0.5, 0.6) is 0 Å². The Bertz CT molecular complexity index is 636. The zero-order valence-electron chi connectivity index (χ0n) is 13.7. The monoisotopic (exact) mass is 341 g/mol. The zero-order valence-corrected chi connectivity index (χ0v) is 14.5. The fraction of sp³-hybridized carbons (Fsp3) is 0.368. The molecule has 1 aliphatic heterocycles. The van der Waals surface area contributed by atoms with Gasteiger partial charge in [0.1, 0.15) is 0 Å². The number of nitrogens with one attached hydrogen (secondary N) is 1. The maximum Gasteiger partial charge on any atom is 0.230 e. The first-order valence-electron chi connectivity index (χ1n) is 8.39. The Labute approximate surface area is 147 Å². The number of aromatic nitrogens is 1. The fourth-order valence-corrected chi connectivity index (χ4v) is 3.70. The zero-order chi connectivity index (χ0) is 16.6. The smallest absolute Gasteiger partial charge is 0.230 e. The number of hydrogen-bond acceptors (Lipinski definition) is 4. The first-order chi connectivity index (χ1) is 11.8. The number of benzene rings is 1. The lowest BCUT2D eigenvalue weighted by Gasteiger charge is -2.32. The molecule has 0 bridgehead atoms. The van der Waals surface area contributed by atoms with Crippen molar-refractivity contribution in [3.8, 4) is 0 Å². The molecule has 1 aromatic heterocycles. The number of pyridine rings is 1. The average molecular weight is 341 g/mol. The lowest BCUT2D eigenvalue weighted by atomic mass is 10.1. The van der Waals surface area contributed by atoms with Crippen molar-refractivity contribution in [2.45, 2.75) is 30.3 Å². The van der Waals surface area contributed by atoms with Gasteiger partial charge in [0.2, 0.25) is 5.91 Å². The maximum absolute atomic E-state index is 12.2. The molecule has 5 heteroatoms. The molecule has 126 valence electrons. The van der Waals surface area contributed by atoms with Crippen LogP contribution in [0.4, 0.5) is 0 Å². The first kappa shape index (κ1) is 17.0. The maximum atomic E-state index is 12.2. The highest BCUT2D eigenvalue weighted by atomic mass is 32.2. The van der Waals surface area contributed by atoms with Gasteiger partial charge in [0, 0.05) is 30.2 Å². The van der Waals surface area contributed by atoms with E-state index in [1.54, 1.807) is 11.8 Å². The lowest BCUT2D eigenvalue weighted by Crippen LogP contribution is -2.47. The molecule has 1 saturated heterocycles. The van der Waals surface area contributed by atoms with E-state index >= 15 is 0 Å². The summed E-state index contributed by atoms with van der Waals surface area (Å²) in [5.74, 6) is 0.592. The van der Waals surface area contributed by atoms with Crippen molar-refractivity contribution in [2.24, 2.45) is 0 Å². The Morgan fingerprint density at radius 2 is 2.04 bits per heavy atom. The van der Waals surface area contributed by atoms with Gasteiger partial charge in [-0.05, 0) is 43.7 Å². The fourth-order valence-electron chi connectivity index (χ4n) is 2.97. The predicted octanol–water partition coefficient (Wildman–Crippen LogP) is 2.95. The molecule has 1 amide bonds. The minimum atomic E-state index is 0.119. The number of nitrogens with zero attached hydrogens (tertiary/aromatic N) is 2. The SMILES string of the molecule is O=C(CSc1ccccc1)NC1CCCN(Cc2ccccn2)C1. The van der Waals surface area contributed by atoms with Crippen LogP contribution in [0.2, 0.25) is 0 Å². The molecule has 2 aromatic rings. The molecule has 0 radical (unpaired) electrons. The van der Waals surface area contributed by atoms with Crippen molar-refractivity contribution >= 4 is 17.7 Å². The summed E-state index contributed by atoms with van der Waals surface area (Å²) >= 11 is 1.58. The van der Waals surface area contributed by atoms with Gasteiger partial charge in [0.25, 0.3) is 0 Å². The van der Waals surface area contributed by atoms with Crippen molar-refractivity contribution in [3.05, 3.63) is 60.4 Å². The van der Waals surface area contributed by atoms with E-state index < -0.39 is 0 Å². The number of piperidine rings is 1. The summed E-state index contributed by atoms with van der Waals surface area (Å²) in [4.78, 5) is 20.1. The van der Waals surface area contributed by atoms with Gasteiger partial charge in [-0.25, -0.2) is 0 Å². The molecular formula is C19H23N3OS. The summed E-state index contributed by atoms with van der Waals surface area (Å²) < 4.78 is 0. The molecular weight excluding hydrogens is 318 g/mol. The van der Waals surface area contributed by atoms with E-state index in [0.717, 1.165) is 43.1 Å². The summed E-state index contributed by atoms with van der Waals surface area (Å²) in [6.07, 6.45) is 4.00. The van der Waals surface area contributed by atoms with E-state index in [1.165, 1.54) is 0 Å². The molecule has 0 saturated carbocycles. The third-order valence-electron chi connectivity index (χ3n) is 4.10. The second-order valence-electron chi connectivity index (χ2n) is 6.06. The largest absolute Gasteiger partial charge is 0.351 e. The standard InChI is InChI=1S/C19H23N3OS/c23-19(15-24-18-9-2-1-3-10-18)21-17-8-6-12-22(14-17)13-16-7-4-5-11-20-16/h1-5,7,9-11,17H,6,8,12-15H2,(H,21,23). The van der Waals surface area contributed by atoms with Crippen molar-refractivity contribution in [3.63, 3.8) is 0 Å². The van der Waals surface area contributed by atoms with Crippen LogP contribution in [-0.2, 0) is 11.3 Å². The third-order valence-corrected chi connectivity index (χ3v) is 5.11. The van der Waals surface area contributed by atoms with Crippen LogP contribution in [0, 0.1) is 0 Å². The van der Waals surface area contributed by atoms with Gasteiger partial charge < -0.3 is 5.32 Å². The van der Waals surface area contributed by atoms with Crippen LogP contribution >= 0.6 is 11.8 Å². The molecule has 4 nitrogen and oxygen atoms in total. The van der Waals surface area contributed by atoms with Gasteiger partial charge in [-0.2, -0.15) is 0 Å². The van der Waals surface area contributed by atoms with Crippen LogP contribution in [0.3, 0.4) is 0 Å². The molecule has 3 rings (SSSR count). The molecule has 1 fully saturated rings. The Morgan fingerprint density at radius 3 is 2.83 bits per heavy atom. The van der Waals surface area contributed by atoms with E-state index in [2.05, 4.69) is 21.3 Å². The van der Waals surface area contributed by atoms with Crippen LogP contribution in [0.15, 0.2) is 59.6 Å². The highest BCUT2D eigenvalue weighted by Crippen LogP contribution is 2.17. The average Bonchev–Trinajstić information content (AvgIpc) is 2.62. The van der Waals surface area contributed by atoms with Crippen molar-refractivity contribution in [2.75, 3.05) is 18.8 Å². The molecule has 1 N–H and O–H groups in total. The summed E-state index contributed by atoms with van der Waals surface area (Å²) in [5.41, 5.74) is 1.09. The molecule has 1 atom stereocenters. The number of likely N-dealkylation sites (tertiary alicyclic amines) is 1. The molecule has 0 spiro atoms. The topological polar surface area (TPSA) is 45.2 Å². The van der Waals surface area contributed by atoms with E-state index in [4.69, 9.17) is 0 Å². The van der Waals surface area contributed by atoms with Gasteiger partial charge >= 0.3 is 0 Å². The summed E-state index contributed by atoms with van der Waals surface area (Å²) in [5, 5.41) is 3.18.